The van der Waals surface area contributed by atoms with Crippen molar-refractivity contribution in [2.75, 3.05) is 23.9 Å². The van der Waals surface area contributed by atoms with Crippen LogP contribution < -0.4 is 5.32 Å². The molecule has 112 valence electrons. The van der Waals surface area contributed by atoms with E-state index in [-0.39, 0.29) is 11.9 Å². The third kappa shape index (κ3) is 3.67. The molecular weight excluding hydrogens is 292 g/mol. The molecule has 1 aliphatic rings. The Morgan fingerprint density at radius 1 is 1.65 bits per heavy atom. The number of aryl methyl sites for hydroxylation is 1. The Balaban J connectivity index is 2.12. The molecule has 0 fully saturated rings. The molecule has 2 unspecified atom stereocenters. The van der Waals surface area contributed by atoms with Gasteiger partial charge in [-0.1, -0.05) is 0 Å². The summed E-state index contributed by atoms with van der Waals surface area (Å²) in [6.45, 7) is 4.43. The van der Waals surface area contributed by atoms with Crippen molar-refractivity contribution in [3.05, 3.63) is 10.6 Å². The van der Waals surface area contributed by atoms with E-state index in [1.807, 2.05) is 18.7 Å². The maximum Gasteiger partial charge on any atom is 0.315 e. The Morgan fingerprint density at radius 2 is 2.45 bits per heavy atom. The van der Waals surface area contributed by atoms with Crippen molar-refractivity contribution < 1.29 is 9.53 Å². The highest BCUT2D eigenvalue weighted by Crippen LogP contribution is 2.37. The minimum Gasteiger partial charge on any atom is -0.465 e. The largest absolute Gasteiger partial charge is 0.465 e. The van der Waals surface area contributed by atoms with Crippen LogP contribution in [-0.2, 0) is 16.0 Å². The van der Waals surface area contributed by atoms with Crippen LogP contribution in [0.2, 0.25) is 0 Å². The number of anilines is 1. The smallest absolute Gasteiger partial charge is 0.315 e. The first-order valence-corrected chi connectivity index (χ1v) is 9.28. The molecule has 0 radical (unpaired) electrons. The Bertz CT molecular complexity index is 462. The van der Waals surface area contributed by atoms with Crippen LogP contribution in [0.1, 0.15) is 43.2 Å². The molecular formula is C14H22N2O2S2. The van der Waals surface area contributed by atoms with Gasteiger partial charge in [0.05, 0.1) is 12.3 Å². The van der Waals surface area contributed by atoms with Gasteiger partial charge in [-0.05, 0) is 39.4 Å². The topological polar surface area (TPSA) is 51.2 Å². The fraction of sp³-hybridized carbons (Fsp3) is 0.714. The second kappa shape index (κ2) is 7.31. The van der Waals surface area contributed by atoms with Gasteiger partial charge in [0.15, 0.2) is 5.13 Å². The van der Waals surface area contributed by atoms with Crippen molar-refractivity contribution in [2.45, 2.75) is 45.1 Å². The second-order valence-electron chi connectivity index (χ2n) is 5.03. The summed E-state index contributed by atoms with van der Waals surface area (Å²) in [4.78, 5) is 17.9. The first kappa shape index (κ1) is 15.6. The Kier molecular flexibility index (Phi) is 5.72. The van der Waals surface area contributed by atoms with E-state index >= 15 is 0 Å². The number of rotatable bonds is 6. The SMILES string of the molecule is CCOC(=O)C1CCCc2sc(NC(C)CSC)nc21. The van der Waals surface area contributed by atoms with Gasteiger partial charge in [0.1, 0.15) is 5.92 Å². The van der Waals surface area contributed by atoms with Crippen LogP contribution in [0.15, 0.2) is 0 Å². The Hall–Kier alpha value is -0.750. The summed E-state index contributed by atoms with van der Waals surface area (Å²) in [5.41, 5.74) is 0.943. The van der Waals surface area contributed by atoms with E-state index in [9.17, 15) is 4.79 Å². The van der Waals surface area contributed by atoms with Crippen LogP contribution >= 0.6 is 23.1 Å². The zero-order valence-electron chi connectivity index (χ0n) is 12.3. The number of hydrogen-bond acceptors (Lipinski definition) is 6. The van der Waals surface area contributed by atoms with E-state index in [4.69, 9.17) is 4.74 Å². The first-order valence-electron chi connectivity index (χ1n) is 7.07. The summed E-state index contributed by atoms with van der Waals surface area (Å²) in [5, 5.41) is 4.36. The normalized spacial score (nSPS) is 19.2. The van der Waals surface area contributed by atoms with Gasteiger partial charge in [-0.15, -0.1) is 11.3 Å². The van der Waals surface area contributed by atoms with Gasteiger partial charge in [0.2, 0.25) is 0 Å². The lowest BCUT2D eigenvalue weighted by atomic mass is 9.91. The van der Waals surface area contributed by atoms with Crippen LogP contribution in [0.25, 0.3) is 0 Å². The fourth-order valence-corrected chi connectivity index (χ4v) is 4.21. The summed E-state index contributed by atoms with van der Waals surface area (Å²) in [6, 6.07) is 0.388. The van der Waals surface area contributed by atoms with Gasteiger partial charge in [-0.25, -0.2) is 4.98 Å². The van der Waals surface area contributed by atoms with Gasteiger partial charge in [-0.2, -0.15) is 11.8 Å². The summed E-state index contributed by atoms with van der Waals surface area (Å²) >= 11 is 3.51. The Labute approximate surface area is 128 Å². The molecule has 0 bridgehead atoms. The number of carbonyl (C=O) groups is 1. The van der Waals surface area contributed by atoms with E-state index in [0.717, 1.165) is 35.8 Å². The van der Waals surface area contributed by atoms with Crippen molar-refractivity contribution in [3.63, 3.8) is 0 Å². The van der Waals surface area contributed by atoms with E-state index in [2.05, 4.69) is 23.5 Å². The fourth-order valence-electron chi connectivity index (χ4n) is 2.45. The van der Waals surface area contributed by atoms with Gasteiger partial charge in [-0.3, -0.25) is 4.79 Å². The van der Waals surface area contributed by atoms with Crippen molar-refractivity contribution in [3.8, 4) is 0 Å². The highest BCUT2D eigenvalue weighted by Gasteiger charge is 2.31. The van der Waals surface area contributed by atoms with Gasteiger partial charge in [0.25, 0.3) is 0 Å². The summed E-state index contributed by atoms with van der Waals surface area (Å²) in [7, 11) is 0. The number of thiazole rings is 1. The van der Waals surface area contributed by atoms with Crippen LogP contribution in [0.5, 0.6) is 0 Å². The molecule has 1 N–H and O–H groups in total. The average molecular weight is 314 g/mol. The van der Waals surface area contributed by atoms with Crippen LogP contribution in [0, 0.1) is 0 Å². The van der Waals surface area contributed by atoms with Gasteiger partial charge >= 0.3 is 5.97 Å². The number of esters is 1. The van der Waals surface area contributed by atoms with Crippen LogP contribution in [0.4, 0.5) is 5.13 Å². The molecule has 0 amide bonds. The zero-order valence-corrected chi connectivity index (χ0v) is 13.9. The molecule has 2 atom stereocenters. The van der Waals surface area contributed by atoms with Crippen molar-refractivity contribution in [2.24, 2.45) is 0 Å². The third-order valence-corrected chi connectivity index (χ3v) is 5.21. The summed E-state index contributed by atoms with van der Waals surface area (Å²) < 4.78 is 5.17. The highest BCUT2D eigenvalue weighted by atomic mass is 32.2. The molecule has 6 heteroatoms. The van der Waals surface area contributed by atoms with E-state index < -0.39 is 0 Å². The maximum absolute atomic E-state index is 12.0. The van der Waals surface area contributed by atoms with Crippen molar-refractivity contribution in [1.29, 1.82) is 0 Å². The third-order valence-electron chi connectivity index (χ3n) is 3.31. The molecule has 1 aliphatic carbocycles. The van der Waals surface area contributed by atoms with E-state index in [0.29, 0.717) is 12.6 Å². The number of thioether (sulfide) groups is 1. The number of hydrogen-bond donors (Lipinski definition) is 1. The van der Waals surface area contributed by atoms with Crippen LogP contribution in [-0.4, -0.2) is 35.6 Å². The molecule has 0 saturated heterocycles. The van der Waals surface area contributed by atoms with Gasteiger partial charge in [0, 0.05) is 16.7 Å². The molecule has 20 heavy (non-hydrogen) atoms. The molecule has 1 aromatic heterocycles. The number of fused-ring (bicyclic) bond motifs is 1. The Morgan fingerprint density at radius 3 is 3.15 bits per heavy atom. The lowest BCUT2D eigenvalue weighted by Crippen LogP contribution is -2.21. The monoisotopic (exact) mass is 314 g/mol. The average Bonchev–Trinajstić information content (AvgIpc) is 2.80. The number of carbonyl (C=O) groups excluding carboxylic acids is 1. The van der Waals surface area contributed by atoms with E-state index in [1.54, 1.807) is 11.3 Å². The minimum atomic E-state index is -0.165. The lowest BCUT2D eigenvalue weighted by molar-refractivity contribution is -0.145. The number of nitrogens with zero attached hydrogens (tertiary/aromatic N) is 1. The highest BCUT2D eigenvalue weighted by molar-refractivity contribution is 7.98. The number of nitrogens with one attached hydrogen (secondary N) is 1. The molecule has 0 aliphatic heterocycles. The maximum atomic E-state index is 12.0. The molecule has 2 rings (SSSR count). The number of ether oxygens (including phenoxy) is 1. The van der Waals surface area contributed by atoms with Crippen LogP contribution in [0.3, 0.4) is 0 Å². The predicted octanol–water partition coefficient (Wildman–Crippen LogP) is 3.29. The molecule has 1 heterocycles. The lowest BCUT2D eigenvalue weighted by Gasteiger charge is -2.19. The summed E-state index contributed by atoms with van der Waals surface area (Å²) in [5.74, 6) is 0.759. The summed E-state index contributed by atoms with van der Waals surface area (Å²) in [6.07, 6.45) is 5.02. The zero-order chi connectivity index (χ0) is 14.5. The first-order chi connectivity index (χ1) is 9.65. The molecule has 0 saturated carbocycles. The standard InChI is InChI=1S/C14H22N2O2S2/c1-4-18-13(17)10-6-5-7-11-12(10)16-14(20-11)15-9(2)8-19-3/h9-10H,4-8H2,1-3H3,(H,15,16). The van der Waals surface area contributed by atoms with Gasteiger partial charge < -0.3 is 10.1 Å². The predicted molar refractivity (Wildman–Crippen MR) is 85.9 cm³/mol. The molecule has 0 aromatic carbocycles. The quantitative estimate of drug-likeness (QED) is 0.817. The van der Waals surface area contributed by atoms with Crippen molar-refractivity contribution in [1.82, 2.24) is 4.98 Å². The second-order valence-corrected chi connectivity index (χ2v) is 7.02. The molecule has 4 nitrogen and oxygen atoms in total. The minimum absolute atomic E-state index is 0.123. The molecule has 0 spiro atoms. The molecule has 1 aromatic rings. The number of aromatic nitrogens is 1. The van der Waals surface area contributed by atoms with E-state index in [1.165, 1.54) is 4.88 Å². The van der Waals surface area contributed by atoms with Crippen molar-refractivity contribution >= 4 is 34.2 Å².